The van der Waals surface area contributed by atoms with E-state index in [0.29, 0.717) is 24.7 Å². The number of halogens is 4. The third-order valence-electron chi connectivity index (χ3n) is 3.84. The first kappa shape index (κ1) is 23.1. The summed E-state index contributed by atoms with van der Waals surface area (Å²) in [5.41, 5.74) is 1.28. The first-order valence-corrected chi connectivity index (χ1v) is 9.10. The topological polar surface area (TPSA) is 64.1 Å². The molecule has 0 fully saturated rings. The van der Waals surface area contributed by atoms with Gasteiger partial charge in [-0.15, -0.1) is 0 Å². The number of alkyl halides is 4. The van der Waals surface area contributed by atoms with Gasteiger partial charge in [0.05, 0.1) is 6.61 Å². The van der Waals surface area contributed by atoms with Crippen molar-refractivity contribution in [2.45, 2.75) is 33.2 Å². The lowest BCUT2D eigenvalue weighted by atomic mass is 10.2. The number of aliphatic imine (C=N–C) groups is 1. The summed E-state index contributed by atoms with van der Waals surface area (Å²) >= 11 is 0. The Kier molecular flexibility index (Phi) is 9.04. The normalized spacial score (nSPS) is 11.5. The molecule has 0 aromatic heterocycles. The second kappa shape index (κ2) is 11.7. The van der Waals surface area contributed by atoms with Crippen LogP contribution in [0, 0.1) is 0 Å². The van der Waals surface area contributed by atoms with E-state index in [-0.39, 0.29) is 23.8 Å². The SMILES string of the molecule is CCOc1cc(CNC(=NC)NCc2ccccc2OC(F)F)ccc1OC(F)F. The summed E-state index contributed by atoms with van der Waals surface area (Å²) in [6.45, 7) is -3.33. The number of ether oxygens (including phenoxy) is 3. The second-order valence-corrected chi connectivity index (χ2v) is 5.86. The number of benzene rings is 2. The predicted molar refractivity (Wildman–Crippen MR) is 104 cm³/mol. The molecule has 0 bridgehead atoms. The van der Waals surface area contributed by atoms with Gasteiger partial charge in [-0.2, -0.15) is 17.6 Å². The standard InChI is InChI=1S/C20H23F4N3O3/c1-3-28-17-10-13(8-9-16(17)30-19(23)24)11-26-20(25-2)27-12-14-6-4-5-7-15(14)29-18(21)22/h4-10,18-19H,3,11-12H2,1-2H3,(H2,25,26,27). The van der Waals surface area contributed by atoms with Gasteiger partial charge in [0.25, 0.3) is 0 Å². The zero-order valence-electron chi connectivity index (χ0n) is 16.5. The van der Waals surface area contributed by atoms with Crippen LogP contribution >= 0.6 is 0 Å². The molecule has 0 saturated carbocycles. The van der Waals surface area contributed by atoms with Gasteiger partial charge >= 0.3 is 13.2 Å². The van der Waals surface area contributed by atoms with E-state index >= 15 is 0 Å². The van der Waals surface area contributed by atoms with E-state index in [4.69, 9.17) is 4.74 Å². The third kappa shape index (κ3) is 7.34. The molecule has 0 aliphatic rings. The fourth-order valence-electron chi connectivity index (χ4n) is 2.57. The van der Waals surface area contributed by atoms with Gasteiger partial charge < -0.3 is 24.8 Å². The van der Waals surface area contributed by atoms with Crippen molar-refractivity contribution in [1.29, 1.82) is 0 Å². The molecule has 2 N–H and O–H groups in total. The van der Waals surface area contributed by atoms with Crippen LogP contribution in [0.3, 0.4) is 0 Å². The van der Waals surface area contributed by atoms with Gasteiger partial charge in [-0.05, 0) is 30.7 Å². The molecule has 10 heteroatoms. The van der Waals surface area contributed by atoms with Crippen molar-refractivity contribution >= 4 is 5.96 Å². The lowest BCUT2D eigenvalue weighted by Crippen LogP contribution is -2.36. The van der Waals surface area contributed by atoms with Gasteiger partial charge in [-0.1, -0.05) is 24.3 Å². The highest BCUT2D eigenvalue weighted by atomic mass is 19.3. The Bertz CT molecular complexity index is 835. The maximum atomic E-state index is 12.5. The maximum absolute atomic E-state index is 12.5. The Labute approximate surface area is 171 Å². The van der Waals surface area contributed by atoms with Crippen LogP contribution < -0.4 is 24.8 Å². The van der Waals surface area contributed by atoms with Crippen molar-refractivity contribution in [2.24, 2.45) is 4.99 Å². The summed E-state index contributed by atoms with van der Waals surface area (Å²) in [5.74, 6) is 0.644. The van der Waals surface area contributed by atoms with Crippen LogP contribution in [0.5, 0.6) is 17.2 Å². The van der Waals surface area contributed by atoms with Gasteiger partial charge in [0.1, 0.15) is 5.75 Å². The number of guanidine groups is 1. The van der Waals surface area contributed by atoms with Crippen molar-refractivity contribution in [2.75, 3.05) is 13.7 Å². The van der Waals surface area contributed by atoms with E-state index in [2.05, 4.69) is 25.1 Å². The van der Waals surface area contributed by atoms with Crippen LogP contribution in [0.2, 0.25) is 0 Å². The number of nitrogens with zero attached hydrogens (tertiary/aromatic N) is 1. The van der Waals surface area contributed by atoms with E-state index in [9.17, 15) is 17.6 Å². The minimum atomic E-state index is -2.95. The van der Waals surface area contributed by atoms with Crippen LogP contribution in [-0.2, 0) is 13.1 Å². The zero-order valence-corrected chi connectivity index (χ0v) is 16.5. The van der Waals surface area contributed by atoms with Crippen LogP contribution in [0.25, 0.3) is 0 Å². The first-order chi connectivity index (χ1) is 14.4. The monoisotopic (exact) mass is 429 g/mol. The summed E-state index contributed by atoms with van der Waals surface area (Å²) < 4.78 is 64.3. The van der Waals surface area contributed by atoms with Gasteiger partial charge in [-0.3, -0.25) is 4.99 Å². The lowest BCUT2D eigenvalue weighted by Gasteiger charge is -2.16. The smallest absolute Gasteiger partial charge is 0.387 e. The zero-order chi connectivity index (χ0) is 21.9. The van der Waals surface area contributed by atoms with Crippen molar-refractivity contribution in [3.05, 3.63) is 53.6 Å². The minimum Gasteiger partial charge on any atom is -0.490 e. The van der Waals surface area contributed by atoms with Crippen LogP contribution in [0.15, 0.2) is 47.5 Å². The molecule has 0 amide bonds. The van der Waals surface area contributed by atoms with E-state index in [0.717, 1.165) is 5.56 Å². The number of hydrogen-bond donors (Lipinski definition) is 2. The fourth-order valence-corrected chi connectivity index (χ4v) is 2.57. The molecular formula is C20H23F4N3O3. The Morgan fingerprint density at radius 1 is 0.900 bits per heavy atom. The Hall–Kier alpha value is -3.17. The molecule has 0 spiro atoms. The fraction of sp³-hybridized carbons (Fsp3) is 0.350. The Morgan fingerprint density at radius 2 is 1.57 bits per heavy atom. The maximum Gasteiger partial charge on any atom is 0.387 e. The number of rotatable bonds is 10. The molecule has 0 heterocycles. The molecule has 0 unspecified atom stereocenters. The first-order valence-electron chi connectivity index (χ1n) is 9.10. The summed E-state index contributed by atoms with van der Waals surface area (Å²) in [6, 6.07) is 11.0. The summed E-state index contributed by atoms with van der Waals surface area (Å²) in [6.07, 6.45) is 0. The molecule has 2 aromatic carbocycles. The number of hydrogen-bond acceptors (Lipinski definition) is 4. The molecule has 2 aromatic rings. The van der Waals surface area contributed by atoms with E-state index in [1.807, 2.05) is 0 Å². The van der Waals surface area contributed by atoms with Crippen molar-refractivity contribution in [1.82, 2.24) is 10.6 Å². The largest absolute Gasteiger partial charge is 0.490 e. The summed E-state index contributed by atoms with van der Waals surface area (Å²) in [5, 5.41) is 6.06. The lowest BCUT2D eigenvalue weighted by molar-refractivity contribution is -0.0517. The summed E-state index contributed by atoms with van der Waals surface area (Å²) in [4.78, 5) is 4.07. The van der Waals surface area contributed by atoms with Crippen LogP contribution in [-0.4, -0.2) is 32.8 Å². The van der Waals surface area contributed by atoms with Gasteiger partial charge in [0, 0.05) is 25.7 Å². The highest BCUT2D eigenvalue weighted by molar-refractivity contribution is 5.79. The van der Waals surface area contributed by atoms with E-state index in [1.165, 1.54) is 12.1 Å². The minimum absolute atomic E-state index is 0.0475. The second-order valence-electron chi connectivity index (χ2n) is 5.86. The average Bonchev–Trinajstić information content (AvgIpc) is 2.70. The molecule has 6 nitrogen and oxygen atoms in total. The average molecular weight is 429 g/mol. The van der Waals surface area contributed by atoms with Crippen LogP contribution in [0.1, 0.15) is 18.1 Å². The number of nitrogens with one attached hydrogen (secondary N) is 2. The molecule has 164 valence electrons. The molecule has 0 aliphatic carbocycles. The molecule has 0 saturated heterocycles. The molecule has 30 heavy (non-hydrogen) atoms. The Balaban J connectivity index is 1.98. The van der Waals surface area contributed by atoms with Gasteiger partial charge in [0.2, 0.25) is 0 Å². The third-order valence-corrected chi connectivity index (χ3v) is 3.84. The predicted octanol–water partition coefficient (Wildman–Crippen LogP) is 4.15. The van der Waals surface area contributed by atoms with Crippen LogP contribution in [0.4, 0.5) is 17.6 Å². The molecule has 0 radical (unpaired) electrons. The molecule has 0 atom stereocenters. The highest BCUT2D eigenvalue weighted by Gasteiger charge is 2.12. The van der Waals surface area contributed by atoms with Gasteiger partial charge in [-0.25, -0.2) is 0 Å². The van der Waals surface area contributed by atoms with Crippen molar-refractivity contribution in [3.8, 4) is 17.2 Å². The number of para-hydroxylation sites is 1. The van der Waals surface area contributed by atoms with Crippen molar-refractivity contribution < 1.29 is 31.8 Å². The highest BCUT2D eigenvalue weighted by Crippen LogP contribution is 2.29. The quantitative estimate of drug-likeness (QED) is 0.338. The van der Waals surface area contributed by atoms with Gasteiger partial charge in [0.15, 0.2) is 17.5 Å². The summed E-state index contributed by atoms with van der Waals surface area (Å²) in [7, 11) is 1.56. The van der Waals surface area contributed by atoms with E-state index in [1.54, 1.807) is 44.3 Å². The molecular weight excluding hydrogens is 406 g/mol. The van der Waals surface area contributed by atoms with Crippen molar-refractivity contribution in [3.63, 3.8) is 0 Å². The Morgan fingerprint density at radius 3 is 2.23 bits per heavy atom. The molecule has 2 rings (SSSR count). The molecule has 0 aliphatic heterocycles. The van der Waals surface area contributed by atoms with E-state index < -0.39 is 13.2 Å².